The number of amides is 3. The third-order valence-corrected chi connectivity index (χ3v) is 9.84. The first-order chi connectivity index (χ1) is 26.4. The molecule has 3 fully saturated rings. The molecule has 18 unspecified atom stereocenters. The standard InChI is InChI=1S/C30H53N9O17/c31-8(2-1-5-36-29(33)34)25(49)39-14-17(44)15(42)10(6-40)52-27(14)54-22-11(7-41)53-28(21(48)20(22)47)55-23-18(45)13(16(43)19(46)24(23)56-30(35)51)38-26(50)9-3-4-12(32)37-9/h8-11,13-24,27-28,40-48H,1-7,31H2,(H2,32,37)(H2,35,51)(H,38,50)(H,39,49)(H4,33,34,36). The van der Waals surface area contributed by atoms with E-state index >= 15 is 0 Å². The molecule has 18 atom stereocenters. The van der Waals surface area contributed by atoms with Crippen LogP contribution in [0.15, 0.2) is 9.98 Å². The van der Waals surface area contributed by atoms with Gasteiger partial charge in [-0.25, -0.2) is 4.79 Å². The second kappa shape index (κ2) is 19.7. The van der Waals surface area contributed by atoms with Crippen LogP contribution in [0.25, 0.3) is 0 Å². The molecule has 0 radical (unpaired) electrons. The number of guanidine groups is 1. The number of aliphatic hydroxyl groups excluding tert-OH is 9. The normalized spacial score (nSPS) is 40.5. The van der Waals surface area contributed by atoms with E-state index in [-0.39, 0.29) is 37.6 Å². The minimum Gasteiger partial charge on any atom is -0.441 e. The summed E-state index contributed by atoms with van der Waals surface area (Å²) in [6.45, 7) is -1.68. The number of amidine groups is 1. The van der Waals surface area contributed by atoms with Crippen molar-refractivity contribution in [2.75, 3.05) is 19.8 Å². The molecule has 56 heavy (non-hydrogen) atoms. The zero-order chi connectivity index (χ0) is 41.6. The van der Waals surface area contributed by atoms with Crippen LogP contribution in [0.1, 0.15) is 25.7 Å². The van der Waals surface area contributed by atoms with Gasteiger partial charge in [-0.15, -0.1) is 0 Å². The third-order valence-electron chi connectivity index (χ3n) is 9.84. The maximum absolute atomic E-state index is 13.0. The van der Waals surface area contributed by atoms with Crippen LogP contribution in [-0.2, 0) is 33.3 Å². The predicted octanol–water partition coefficient (Wildman–Crippen LogP) is -9.93. The molecule has 0 aromatic carbocycles. The summed E-state index contributed by atoms with van der Waals surface area (Å²) in [7, 11) is 0. The fourth-order valence-corrected chi connectivity index (χ4v) is 6.78. The molecule has 26 nitrogen and oxygen atoms in total. The average molecular weight is 812 g/mol. The summed E-state index contributed by atoms with van der Waals surface area (Å²) in [5.41, 5.74) is 27.4. The monoisotopic (exact) mass is 811 g/mol. The van der Waals surface area contributed by atoms with Gasteiger partial charge in [0, 0.05) is 13.0 Å². The van der Waals surface area contributed by atoms with Gasteiger partial charge in [-0.2, -0.15) is 0 Å². The molecule has 3 aliphatic heterocycles. The van der Waals surface area contributed by atoms with Crippen LogP contribution in [0.2, 0.25) is 0 Å². The highest BCUT2D eigenvalue weighted by atomic mass is 16.7. The first-order valence-electron chi connectivity index (χ1n) is 17.7. The number of rotatable bonds is 15. The van der Waals surface area contributed by atoms with Crippen molar-refractivity contribution in [3.63, 3.8) is 0 Å². The summed E-state index contributed by atoms with van der Waals surface area (Å²) in [4.78, 5) is 45.4. The fourth-order valence-electron chi connectivity index (χ4n) is 6.78. The zero-order valence-corrected chi connectivity index (χ0v) is 29.9. The smallest absolute Gasteiger partial charge is 0.404 e. The number of nitrogens with two attached hydrogens (primary N) is 5. The lowest BCUT2D eigenvalue weighted by atomic mass is 9.82. The maximum Gasteiger partial charge on any atom is 0.404 e. The van der Waals surface area contributed by atoms with Crippen molar-refractivity contribution in [2.45, 2.75) is 136 Å². The van der Waals surface area contributed by atoms with Crippen molar-refractivity contribution < 1.29 is 84.0 Å². The largest absolute Gasteiger partial charge is 0.441 e. The Hall–Kier alpha value is -3.61. The van der Waals surface area contributed by atoms with Gasteiger partial charge in [0.05, 0.1) is 31.1 Å². The number of nitrogens with zero attached hydrogens (tertiary/aromatic N) is 2. The lowest BCUT2D eigenvalue weighted by molar-refractivity contribution is -0.361. The summed E-state index contributed by atoms with van der Waals surface area (Å²) >= 11 is 0. The van der Waals surface area contributed by atoms with Gasteiger partial charge in [-0.3, -0.25) is 19.6 Å². The van der Waals surface area contributed by atoms with Crippen molar-refractivity contribution in [1.29, 1.82) is 0 Å². The summed E-state index contributed by atoms with van der Waals surface area (Å²) in [6.07, 6.45) is -27.2. The number of nitrogens with one attached hydrogen (secondary N) is 2. The molecule has 0 aromatic rings. The lowest BCUT2D eigenvalue weighted by Crippen LogP contribution is -2.72. The Morgan fingerprint density at radius 1 is 0.786 bits per heavy atom. The van der Waals surface area contributed by atoms with Gasteiger partial charge in [-0.1, -0.05) is 0 Å². The van der Waals surface area contributed by atoms with Crippen molar-refractivity contribution in [2.24, 2.45) is 38.7 Å². The molecule has 3 amide bonds. The highest BCUT2D eigenvalue weighted by molar-refractivity contribution is 5.91. The van der Waals surface area contributed by atoms with E-state index in [1.807, 2.05) is 0 Å². The SMILES string of the molecule is NC(=O)OC1C(O)C(O)C(NC(=O)C2CCC(N)=N2)C(O)C1OC1OC(CO)C(OC2OC(CO)C(O)C(O)C2NC(=O)C(N)CCCN=C(N)N)C(O)C1O. The Bertz CT molecular complexity index is 1410. The van der Waals surface area contributed by atoms with E-state index in [0.29, 0.717) is 6.42 Å². The lowest BCUT2D eigenvalue weighted by Gasteiger charge is -2.49. The van der Waals surface area contributed by atoms with Gasteiger partial charge < -0.3 is 109 Å². The van der Waals surface area contributed by atoms with Gasteiger partial charge in [0.1, 0.15) is 79.2 Å². The predicted molar refractivity (Wildman–Crippen MR) is 184 cm³/mol. The molecule has 0 aromatic heterocycles. The van der Waals surface area contributed by atoms with E-state index in [9.17, 15) is 60.3 Å². The Kier molecular flexibility index (Phi) is 15.9. The molecule has 4 aliphatic rings. The minimum absolute atomic E-state index is 0.0727. The average Bonchev–Trinajstić information content (AvgIpc) is 3.60. The molecule has 4 rings (SSSR count). The van der Waals surface area contributed by atoms with E-state index in [1.54, 1.807) is 0 Å². The summed E-state index contributed by atoms with van der Waals surface area (Å²) in [5, 5.41) is 102. The minimum atomic E-state index is -2.16. The third kappa shape index (κ3) is 10.5. The van der Waals surface area contributed by atoms with E-state index < -0.39 is 141 Å². The molecule has 1 aliphatic carbocycles. The molecule has 26 heteroatoms. The second-order valence-electron chi connectivity index (χ2n) is 13.8. The van der Waals surface area contributed by atoms with Crippen molar-refractivity contribution >= 4 is 29.7 Å². The molecule has 3 heterocycles. The molecule has 0 bridgehead atoms. The molecule has 1 saturated carbocycles. The number of aliphatic imine (C=N–C) groups is 2. The summed E-state index contributed by atoms with van der Waals surface area (Å²) in [5.74, 6) is -1.61. The van der Waals surface area contributed by atoms with Crippen LogP contribution in [0.4, 0.5) is 4.79 Å². The van der Waals surface area contributed by atoms with Crippen LogP contribution in [0, 0.1) is 0 Å². The summed E-state index contributed by atoms with van der Waals surface area (Å²) in [6, 6.07) is -5.50. The van der Waals surface area contributed by atoms with E-state index in [0.717, 1.165) is 0 Å². The first kappa shape index (κ1) is 45.1. The van der Waals surface area contributed by atoms with Gasteiger partial charge in [0.25, 0.3) is 0 Å². The highest BCUT2D eigenvalue weighted by Crippen LogP contribution is 2.33. The number of ether oxygens (including phenoxy) is 5. The van der Waals surface area contributed by atoms with Crippen molar-refractivity contribution in [1.82, 2.24) is 10.6 Å². The highest BCUT2D eigenvalue weighted by Gasteiger charge is 2.57. The quantitative estimate of drug-likeness (QED) is 0.0415. The molecule has 2 saturated heterocycles. The number of hydrogen-bond donors (Lipinski definition) is 16. The molecular formula is C30H53N9O17. The van der Waals surface area contributed by atoms with Gasteiger partial charge in [-0.05, 0) is 19.3 Å². The van der Waals surface area contributed by atoms with Crippen LogP contribution in [0.3, 0.4) is 0 Å². The van der Waals surface area contributed by atoms with Crippen molar-refractivity contribution in [3.8, 4) is 0 Å². The Morgan fingerprint density at radius 3 is 1.98 bits per heavy atom. The zero-order valence-electron chi connectivity index (χ0n) is 29.9. The molecular weight excluding hydrogens is 758 g/mol. The van der Waals surface area contributed by atoms with E-state index in [4.69, 9.17) is 52.4 Å². The topological polar surface area (TPSA) is 458 Å². The molecule has 0 spiro atoms. The molecule has 21 N–H and O–H groups in total. The summed E-state index contributed by atoms with van der Waals surface area (Å²) < 4.78 is 27.7. The second-order valence-corrected chi connectivity index (χ2v) is 13.8. The van der Waals surface area contributed by atoms with Crippen LogP contribution >= 0.6 is 0 Å². The Morgan fingerprint density at radius 2 is 1.39 bits per heavy atom. The number of hydrogen-bond acceptors (Lipinski definition) is 21. The van der Waals surface area contributed by atoms with Crippen LogP contribution in [0.5, 0.6) is 0 Å². The number of carbonyl (C=O) groups excluding carboxylic acids is 3. The van der Waals surface area contributed by atoms with E-state index in [2.05, 4.69) is 20.6 Å². The van der Waals surface area contributed by atoms with Crippen molar-refractivity contribution in [3.05, 3.63) is 0 Å². The van der Waals surface area contributed by atoms with E-state index in [1.165, 1.54) is 0 Å². The van der Waals surface area contributed by atoms with Gasteiger partial charge in [0.15, 0.2) is 24.6 Å². The molecule has 320 valence electrons. The van der Waals surface area contributed by atoms with Gasteiger partial charge >= 0.3 is 6.09 Å². The fraction of sp³-hybridized carbons (Fsp3) is 0.833. The number of primary amides is 1. The number of aliphatic hydroxyl groups is 9. The maximum atomic E-state index is 13.0. The van der Waals surface area contributed by atoms with Crippen LogP contribution in [-0.4, -0.2) is 205 Å². The Labute approximate surface area is 318 Å². The van der Waals surface area contributed by atoms with Crippen LogP contribution < -0.4 is 39.3 Å². The number of carbonyl (C=O) groups is 3. The van der Waals surface area contributed by atoms with Gasteiger partial charge in [0.2, 0.25) is 11.8 Å². The first-order valence-corrected chi connectivity index (χ1v) is 17.7. The Balaban J connectivity index is 1.52.